The molecule has 0 radical (unpaired) electrons. The smallest absolute Gasteiger partial charge is 0.321 e. The largest absolute Gasteiger partial charge is 0.444 e. The molecule has 8 heteroatoms. The van der Waals surface area contributed by atoms with Crippen LogP contribution in [0.2, 0.25) is 0 Å². The van der Waals surface area contributed by atoms with Crippen molar-refractivity contribution in [1.82, 2.24) is 15.4 Å². The summed E-state index contributed by atoms with van der Waals surface area (Å²) in [5.41, 5.74) is 3.29. The van der Waals surface area contributed by atoms with Crippen LogP contribution in [0.15, 0.2) is 41.3 Å². The lowest BCUT2D eigenvalue weighted by atomic mass is 9.91. The summed E-state index contributed by atoms with van der Waals surface area (Å²) in [7, 11) is 0. The SMILES string of the molecule is O=C(CCCC1CCN(C(=O)Nc2ccc(-c3cnco3)cc2)CC1)NO. The fourth-order valence-corrected chi connectivity index (χ4v) is 3.31. The van der Waals surface area contributed by atoms with Crippen LogP contribution in [-0.2, 0) is 4.79 Å². The quantitative estimate of drug-likeness (QED) is 0.533. The maximum Gasteiger partial charge on any atom is 0.321 e. The van der Waals surface area contributed by atoms with Crippen molar-refractivity contribution in [2.75, 3.05) is 18.4 Å². The van der Waals surface area contributed by atoms with E-state index in [0.717, 1.165) is 36.9 Å². The van der Waals surface area contributed by atoms with Crippen molar-refractivity contribution in [3.8, 4) is 11.3 Å². The van der Waals surface area contributed by atoms with Crippen molar-refractivity contribution < 1.29 is 19.2 Å². The van der Waals surface area contributed by atoms with E-state index in [1.54, 1.807) is 11.7 Å². The highest BCUT2D eigenvalue weighted by molar-refractivity contribution is 5.89. The first-order chi connectivity index (χ1) is 13.2. The number of hydrogen-bond donors (Lipinski definition) is 3. The summed E-state index contributed by atoms with van der Waals surface area (Å²) in [4.78, 5) is 29.2. The van der Waals surface area contributed by atoms with Gasteiger partial charge in [0.25, 0.3) is 0 Å². The molecule has 0 saturated carbocycles. The second kappa shape index (κ2) is 9.18. The molecular weight excluding hydrogens is 348 g/mol. The van der Waals surface area contributed by atoms with E-state index in [1.165, 1.54) is 6.39 Å². The summed E-state index contributed by atoms with van der Waals surface area (Å²) >= 11 is 0. The van der Waals surface area contributed by atoms with Crippen LogP contribution < -0.4 is 10.8 Å². The number of benzene rings is 1. The molecule has 1 aliphatic heterocycles. The Kier molecular flexibility index (Phi) is 6.43. The molecule has 144 valence electrons. The maximum absolute atomic E-state index is 12.4. The Morgan fingerprint density at radius 1 is 1.22 bits per heavy atom. The predicted octanol–water partition coefficient (Wildman–Crippen LogP) is 3.26. The van der Waals surface area contributed by atoms with E-state index in [1.807, 2.05) is 29.2 Å². The van der Waals surface area contributed by atoms with Gasteiger partial charge in [-0.25, -0.2) is 15.3 Å². The Hall–Kier alpha value is -2.87. The molecule has 1 aromatic heterocycles. The lowest BCUT2D eigenvalue weighted by molar-refractivity contribution is -0.129. The van der Waals surface area contributed by atoms with Crippen LogP contribution in [0.1, 0.15) is 32.1 Å². The molecule has 3 N–H and O–H groups in total. The standard InChI is InChI=1S/C19H24N4O4/c24-18(22-26)3-1-2-14-8-10-23(11-9-14)19(25)21-16-6-4-15(5-7-16)17-12-20-13-27-17/h4-7,12-14,26H,1-3,8-11H2,(H,21,25)(H,22,24). The molecule has 8 nitrogen and oxygen atoms in total. The zero-order chi connectivity index (χ0) is 19.1. The van der Waals surface area contributed by atoms with E-state index < -0.39 is 0 Å². The molecule has 1 saturated heterocycles. The normalized spacial score (nSPS) is 14.8. The number of carbonyl (C=O) groups is 2. The molecule has 2 aromatic rings. The number of likely N-dealkylation sites (tertiary alicyclic amines) is 1. The second-order valence-electron chi connectivity index (χ2n) is 6.73. The molecular formula is C19H24N4O4. The van der Waals surface area contributed by atoms with Gasteiger partial charge in [-0.3, -0.25) is 10.0 Å². The zero-order valence-electron chi connectivity index (χ0n) is 15.1. The van der Waals surface area contributed by atoms with Gasteiger partial charge in [-0.2, -0.15) is 0 Å². The number of amides is 3. The second-order valence-corrected chi connectivity index (χ2v) is 6.73. The molecule has 27 heavy (non-hydrogen) atoms. The van der Waals surface area contributed by atoms with Gasteiger partial charge in [0.15, 0.2) is 12.2 Å². The van der Waals surface area contributed by atoms with E-state index in [-0.39, 0.29) is 11.9 Å². The van der Waals surface area contributed by atoms with Gasteiger partial charge in [0.2, 0.25) is 5.91 Å². The number of aromatic nitrogens is 1. The first-order valence-corrected chi connectivity index (χ1v) is 9.13. The molecule has 1 aliphatic rings. The number of oxazole rings is 1. The Balaban J connectivity index is 1.42. The number of hydrogen-bond acceptors (Lipinski definition) is 5. The van der Waals surface area contributed by atoms with Gasteiger partial charge in [0.1, 0.15) is 0 Å². The summed E-state index contributed by atoms with van der Waals surface area (Å²) in [6.45, 7) is 1.41. The van der Waals surface area contributed by atoms with Crippen molar-refractivity contribution >= 4 is 17.6 Å². The van der Waals surface area contributed by atoms with Crippen molar-refractivity contribution in [2.45, 2.75) is 32.1 Å². The Morgan fingerprint density at radius 3 is 2.59 bits per heavy atom. The Morgan fingerprint density at radius 2 is 1.96 bits per heavy atom. The molecule has 3 amide bonds. The van der Waals surface area contributed by atoms with Crippen molar-refractivity contribution in [1.29, 1.82) is 0 Å². The van der Waals surface area contributed by atoms with Gasteiger partial charge in [-0.05, 0) is 55.9 Å². The summed E-state index contributed by atoms with van der Waals surface area (Å²) < 4.78 is 5.25. The minimum Gasteiger partial charge on any atom is -0.444 e. The zero-order valence-corrected chi connectivity index (χ0v) is 15.1. The summed E-state index contributed by atoms with van der Waals surface area (Å²) in [6.07, 6.45) is 6.91. The first-order valence-electron chi connectivity index (χ1n) is 9.13. The molecule has 0 unspecified atom stereocenters. The van der Waals surface area contributed by atoms with Crippen LogP contribution >= 0.6 is 0 Å². The van der Waals surface area contributed by atoms with E-state index >= 15 is 0 Å². The van der Waals surface area contributed by atoms with E-state index in [9.17, 15) is 9.59 Å². The third kappa shape index (κ3) is 5.30. The van der Waals surface area contributed by atoms with Gasteiger partial charge < -0.3 is 14.6 Å². The molecule has 0 atom stereocenters. The monoisotopic (exact) mass is 372 g/mol. The predicted molar refractivity (Wildman–Crippen MR) is 99.0 cm³/mol. The van der Waals surface area contributed by atoms with Gasteiger partial charge >= 0.3 is 6.03 Å². The lowest BCUT2D eigenvalue weighted by Crippen LogP contribution is -2.41. The van der Waals surface area contributed by atoms with Gasteiger partial charge in [0, 0.05) is 30.8 Å². The van der Waals surface area contributed by atoms with Crippen LogP contribution in [0.5, 0.6) is 0 Å². The molecule has 3 rings (SSSR count). The Bertz CT molecular complexity index is 738. The highest BCUT2D eigenvalue weighted by Crippen LogP contribution is 2.24. The minimum absolute atomic E-state index is 0.0967. The number of nitrogens with one attached hydrogen (secondary N) is 2. The number of urea groups is 1. The average molecular weight is 372 g/mol. The number of hydroxylamine groups is 1. The number of piperidine rings is 1. The van der Waals surface area contributed by atoms with E-state index in [4.69, 9.17) is 9.62 Å². The fraction of sp³-hybridized carbons (Fsp3) is 0.421. The molecule has 0 bridgehead atoms. The number of carbonyl (C=O) groups excluding carboxylic acids is 2. The van der Waals surface area contributed by atoms with E-state index in [0.29, 0.717) is 31.2 Å². The highest BCUT2D eigenvalue weighted by Gasteiger charge is 2.22. The number of anilines is 1. The number of nitrogens with zero attached hydrogens (tertiary/aromatic N) is 2. The van der Waals surface area contributed by atoms with Crippen LogP contribution in [0, 0.1) is 5.92 Å². The summed E-state index contributed by atoms with van der Waals surface area (Å²) in [5.74, 6) is 0.856. The molecule has 0 aliphatic carbocycles. The van der Waals surface area contributed by atoms with Crippen LogP contribution in [-0.4, -0.2) is 40.1 Å². The minimum atomic E-state index is -0.346. The molecule has 1 fully saturated rings. The van der Waals surface area contributed by atoms with Crippen LogP contribution in [0.3, 0.4) is 0 Å². The van der Waals surface area contributed by atoms with Crippen LogP contribution in [0.25, 0.3) is 11.3 Å². The van der Waals surface area contributed by atoms with Crippen LogP contribution in [0.4, 0.5) is 10.5 Å². The maximum atomic E-state index is 12.4. The van der Waals surface area contributed by atoms with Crippen molar-refractivity contribution in [3.63, 3.8) is 0 Å². The summed E-state index contributed by atoms with van der Waals surface area (Å²) in [6, 6.07) is 7.35. The molecule has 2 heterocycles. The third-order valence-electron chi connectivity index (χ3n) is 4.90. The average Bonchev–Trinajstić information content (AvgIpc) is 3.23. The van der Waals surface area contributed by atoms with Gasteiger partial charge in [0.05, 0.1) is 6.20 Å². The summed E-state index contributed by atoms with van der Waals surface area (Å²) in [5, 5.41) is 11.4. The van der Waals surface area contributed by atoms with Gasteiger partial charge in [-0.1, -0.05) is 0 Å². The number of rotatable bonds is 6. The highest BCUT2D eigenvalue weighted by atomic mass is 16.5. The molecule has 0 spiro atoms. The van der Waals surface area contributed by atoms with Crippen molar-refractivity contribution in [3.05, 3.63) is 36.9 Å². The topological polar surface area (TPSA) is 108 Å². The lowest BCUT2D eigenvalue weighted by Gasteiger charge is -2.32. The van der Waals surface area contributed by atoms with Gasteiger partial charge in [-0.15, -0.1) is 0 Å². The van der Waals surface area contributed by atoms with Crippen molar-refractivity contribution in [2.24, 2.45) is 5.92 Å². The first kappa shape index (κ1) is 18.9. The molecule has 1 aromatic carbocycles. The fourth-order valence-electron chi connectivity index (χ4n) is 3.31. The third-order valence-corrected chi connectivity index (χ3v) is 4.90. The Labute approximate surface area is 157 Å². The van der Waals surface area contributed by atoms with E-state index in [2.05, 4.69) is 10.3 Å².